The van der Waals surface area contributed by atoms with Crippen LogP contribution in [0.1, 0.15) is 43.7 Å². The van der Waals surface area contributed by atoms with Crippen molar-refractivity contribution in [2.24, 2.45) is 0 Å². The van der Waals surface area contributed by atoms with E-state index < -0.39 is 11.7 Å². The van der Waals surface area contributed by atoms with E-state index in [1.54, 1.807) is 42.5 Å². The van der Waals surface area contributed by atoms with E-state index in [1.165, 1.54) is 12.8 Å². The Morgan fingerprint density at radius 1 is 0.938 bits per heavy atom. The van der Waals surface area contributed by atoms with Crippen LogP contribution in [-0.2, 0) is 6.18 Å². The molecular weight excluding hydrogens is 417 g/mol. The first-order valence-corrected chi connectivity index (χ1v) is 10.6. The van der Waals surface area contributed by atoms with E-state index >= 15 is 0 Å². The van der Waals surface area contributed by atoms with Crippen LogP contribution in [0.4, 0.5) is 36.3 Å². The fourth-order valence-corrected chi connectivity index (χ4v) is 3.09. The van der Waals surface area contributed by atoms with E-state index in [9.17, 15) is 13.2 Å². The molecular formula is C24H27F3N4O. The zero-order chi connectivity index (χ0) is 23.0. The molecule has 3 aromatic rings. The fourth-order valence-electron chi connectivity index (χ4n) is 3.09. The summed E-state index contributed by atoms with van der Waals surface area (Å²) in [6, 6.07) is 14.2. The average Bonchev–Trinajstić information content (AvgIpc) is 2.74. The second-order valence-electron chi connectivity index (χ2n) is 7.51. The highest BCUT2D eigenvalue weighted by atomic mass is 19.4. The third-order valence-corrected chi connectivity index (χ3v) is 4.75. The molecule has 5 nitrogen and oxygen atoms in total. The SMILES string of the molecule is CCCCCCOc1ccc(Nc2ncc(C(F)(F)F)c(Nc3cccc(C)c3)n2)cc1. The molecule has 0 saturated heterocycles. The lowest BCUT2D eigenvalue weighted by molar-refractivity contribution is -0.137. The molecule has 0 saturated carbocycles. The summed E-state index contributed by atoms with van der Waals surface area (Å²) in [7, 11) is 0. The van der Waals surface area contributed by atoms with Gasteiger partial charge in [-0.3, -0.25) is 0 Å². The highest BCUT2D eigenvalue weighted by Gasteiger charge is 2.35. The summed E-state index contributed by atoms with van der Waals surface area (Å²) < 4.78 is 46.1. The van der Waals surface area contributed by atoms with Crippen molar-refractivity contribution >= 4 is 23.1 Å². The molecule has 0 fully saturated rings. The molecule has 2 N–H and O–H groups in total. The number of nitrogens with one attached hydrogen (secondary N) is 2. The number of hydrogen-bond donors (Lipinski definition) is 2. The topological polar surface area (TPSA) is 59.1 Å². The van der Waals surface area contributed by atoms with Gasteiger partial charge in [-0.05, 0) is 55.3 Å². The van der Waals surface area contributed by atoms with Gasteiger partial charge in [0, 0.05) is 17.6 Å². The smallest absolute Gasteiger partial charge is 0.421 e. The minimum atomic E-state index is -4.58. The Morgan fingerprint density at radius 3 is 2.41 bits per heavy atom. The van der Waals surface area contributed by atoms with Crippen LogP contribution < -0.4 is 15.4 Å². The molecule has 0 aliphatic carbocycles. The van der Waals surface area contributed by atoms with Gasteiger partial charge in [0.05, 0.1) is 6.61 Å². The standard InChI is InChI=1S/C24H27F3N4O/c1-3-4-5-6-14-32-20-12-10-18(11-13-20)30-23-28-16-21(24(25,26)27)22(31-23)29-19-9-7-8-17(2)15-19/h7-13,15-16H,3-6,14H2,1-2H3,(H2,28,29,30,31). The molecule has 0 aliphatic rings. The van der Waals surface area contributed by atoms with Crippen molar-refractivity contribution in [3.05, 3.63) is 65.9 Å². The maximum Gasteiger partial charge on any atom is 0.421 e. The number of unbranched alkanes of at least 4 members (excludes halogenated alkanes) is 3. The largest absolute Gasteiger partial charge is 0.494 e. The summed E-state index contributed by atoms with van der Waals surface area (Å²) in [6.45, 7) is 4.68. The Labute approximate surface area is 186 Å². The van der Waals surface area contributed by atoms with Crippen LogP contribution in [-0.4, -0.2) is 16.6 Å². The van der Waals surface area contributed by atoms with Gasteiger partial charge in [-0.15, -0.1) is 0 Å². The van der Waals surface area contributed by atoms with E-state index in [0.29, 0.717) is 18.0 Å². The van der Waals surface area contributed by atoms with Crippen molar-refractivity contribution in [1.29, 1.82) is 0 Å². The zero-order valence-electron chi connectivity index (χ0n) is 18.2. The van der Waals surface area contributed by atoms with E-state index in [0.717, 1.165) is 30.4 Å². The number of hydrogen-bond acceptors (Lipinski definition) is 5. The molecule has 170 valence electrons. The summed E-state index contributed by atoms with van der Waals surface area (Å²) in [5, 5.41) is 5.71. The Morgan fingerprint density at radius 2 is 1.72 bits per heavy atom. The van der Waals surface area contributed by atoms with Crippen molar-refractivity contribution in [3.8, 4) is 5.75 Å². The number of ether oxygens (including phenoxy) is 1. The molecule has 0 spiro atoms. The lowest BCUT2D eigenvalue weighted by atomic mass is 10.2. The first-order chi connectivity index (χ1) is 15.3. The highest BCUT2D eigenvalue weighted by molar-refractivity contribution is 5.63. The minimum absolute atomic E-state index is 0.0568. The molecule has 0 atom stereocenters. The van der Waals surface area contributed by atoms with Crippen LogP contribution in [0.3, 0.4) is 0 Å². The van der Waals surface area contributed by atoms with Crippen LogP contribution >= 0.6 is 0 Å². The Balaban J connectivity index is 1.71. The Bertz CT molecular complexity index is 1010. The lowest BCUT2D eigenvalue weighted by Gasteiger charge is -2.15. The first-order valence-electron chi connectivity index (χ1n) is 10.6. The number of anilines is 4. The summed E-state index contributed by atoms with van der Waals surface area (Å²) in [6.07, 6.45) is 0.709. The third-order valence-electron chi connectivity index (χ3n) is 4.75. The summed E-state index contributed by atoms with van der Waals surface area (Å²) in [5.74, 6) is 0.483. The molecule has 0 radical (unpaired) electrons. The van der Waals surface area contributed by atoms with E-state index in [1.807, 2.05) is 13.0 Å². The number of aromatic nitrogens is 2. The third kappa shape index (κ3) is 6.87. The lowest BCUT2D eigenvalue weighted by Crippen LogP contribution is -2.12. The summed E-state index contributed by atoms with van der Waals surface area (Å²) in [5.41, 5.74) is 1.14. The molecule has 0 amide bonds. The number of nitrogens with zero attached hydrogens (tertiary/aromatic N) is 2. The molecule has 0 unspecified atom stereocenters. The normalized spacial score (nSPS) is 11.3. The molecule has 1 heterocycles. The van der Waals surface area contributed by atoms with Crippen molar-refractivity contribution < 1.29 is 17.9 Å². The number of alkyl halides is 3. The molecule has 2 aromatic carbocycles. The molecule has 0 aliphatic heterocycles. The Kier molecular flexibility index (Phi) is 7.92. The quantitative estimate of drug-likeness (QED) is 0.323. The van der Waals surface area contributed by atoms with Crippen LogP contribution in [0, 0.1) is 6.92 Å². The van der Waals surface area contributed by atoms with Gasteiger partial charge in [-0.2, -0.15) is 18.2 Å². The van der Waals surface area contributed by atoms with Crippen LogP contribution in [0.2, 0.25) is 0 Å². The molecule has 8 heteroatoms. The maximum absolute atomic E-state index is 13.4. The van der Waals surface area contributed by atoms with E-state index in [-0.39, 0.29) is 11.8 Å². The minimum Gasteiger partial charge on any atom is -0.494 e. The Hall–Kier alpha value is -3.29. The van der Waals surface area contributed by atoms with E-state index in [2.05, 4.69) is 27.5 Å². The van der Waals surface area contributed by atoms with E-state index in [4.69, 9.17) is 4.74 Å². The maximum atomic E-state index is 13.4. The van der Waals surface area contributed by atoms with Crippen molar-refractivity contribution in [2.45, 2.75) is 45.7 Å². The van der Waals surface area contributed by atoms with Gasteiger partial charge in [-0.1, -0.05) is 38.3 Å². The van der Waals surface area contributed by atoms with Gasteiger partial charge < -0.3 is 15.4 Å². The monoisotopic (exact) mass is 444 g/mol. The molecule has 0 bridgehead atoms. The number of halogens is 3. The van der Waals surface area contributed by atoms with Crippen LogP contribution in [0.5, 0.6) is 5.75 Å². The van der Waals surface area contributed by atoms with Gasteiger partial charge in [0.25, 0.3) is 0 Å². The van der Waals surface area contributed by atoms with Crippen molar-refractivity contribution in [1.82, 2.24) is 9.97 Å². The van der Waals surface area contributed by atoms with Crippen molar-refractivity contribution in [3.63, 3.8) is 0 Å². The summed E-state index contributed by atoms with van der Waals surface area (Å²) in [4.78, 5) is 7.92. The van der Waals surface area contributed by atoms with Crippen LogP contribution in [0.15, 0.2) is 54.7 Å². The molecule has 3 rings (SSSR count). The van der Waals surface area contributed by atoms with Crippen molar-refractivity contribution in [2.75, 3.05) is 17.2 Å². The summed E-state index contributed by atoms with van der Waals surface area (Å²) >= 11 is 0. The van der Waals surface area contributed by atoms with Crippen LogP contribution in [0.25, 0.3) is 0 Å². The highest BCUT2D eigenvalue weighted by Crippen LogP contribution is 2.35. The molecule has 1 aromatic heterocycles. The average molecular weight is 445 g/mol. The number of benzene rings is 2. The second-order valence-corrected chi connectivity index (χ2v) is 7.51. The van der Waals surface area contributed by atoms with Gasteiger partial charge >= 0.3 is 6.18 Å². The predicted molar refractivity (Wildman–Crippen MR) is 121 cm³/mol. The first kappa shape index (κ1) is 23.4. The zero-order valence-corrected chi connectivity index (χ0v) is 18.2. The molecule has 32 heavy (non-hydrogen) atoms. The van der Waals surface area contributed by atoms with Gasteiger partial charge in [0.1, 0.15) is 17.1 Å². The fraction of sp³-hybridized carbons (Fsp3) is 0.333. The number of rotatable bonds is 10. The van der Waals surface area contributed by atoms with Gasteiger partial charge in [0.2, 0.25) is 5.95 Å². The van der Waals surface area contributed by atoms with Gasteiger partial charge in [0.15, 0.2) is 0 Å². The second kappa shape index (κ2) is 10.8. The predicted octanol–water partition coefficient (Wildman–Crippen LogP) is 7.25. The number of aryl methyl sites for hydroxylation is 1. The van der Waals surface area contributed by atoms with Gasteiger partial charge in [-0.25, -0.2) is 4.98 Å².